The van der Waals surface area contributed by atoms with Crippen LogP contribution < -0.4 is 5.32 Å². The Morgan fingerprint density at radius 1 is 1.05 bits per heavy atom. The molecule has 1 N–H and O–H groups in total. The summed E-state index contributed by atoms with van der Waals surface area (Å²) in [6.07, 6.45) is 6.11. The van der Waals surface area contributed by atoms with Gasteiger partial charge in [0.05, 0.1) is 12.2 Å². The maximum atomic E-state index is 6.20. The summed E-state index contributed by atoms with van der Waals surface area (Å²) in [5.41, 5.74) is 0. The van der Waals surface area contributed by atoms with Crippen LogP contribution in [0.2, 0.25) is 0 Å². The van der Waals surface area contributed by atoms with E-state index in [9.17, 15) is 0 Å². The lowest BCUT2D eigenvalue weighted by Crippen LogP contribution is -2.40. The number of hydrogen-bond donors (Lipinski definition) is 1. The molecule has 112 valence electrons. The van der Waals surface area contributed by atoms with E-state index in [0.29, 0.717) is 18.2 Å². The molecule has 0 radical (unpaired) electrons. The van der Waals surface area contributed by atoms with Crippen molar-refractivity contribution in [1.82, 2.24) is 10.2 Å². The van der Waals surface area contributed by atoms with Crippen molar-refractivity contribution in [1.29, 1.82) is 0 Å². The fourth-order valence-electron chi connectivity index (χ4n) is 2.88. The van der Waals surface area contributed by atoms with Gasteiger partial charge in [-0.2, -0.15) is 0 Å². The Hall–Kier alpha value is -0.120. The van der Waals surface area contributed by atoms with E-state index in [2.05, 4.69) is 37.9 Å². The largest absolute Gasteiger partial charge is 0.372 e. The van der Waals surface area contributed by atoms with Crippen LogP contribution in [-0.4, -0.2) is 48.8 Å². The van der Waals surface area contributed by atoms with Crippen LogP contribution in [-0.2, 0) is 4.74 Å². The number of hydrogen-bond acceptors (Lipinski definition) is 3. The van der Waals surface area contributed by atoms with Gasteiger partial charge in [0.1, 0.15) is 0 Å². The minimum atomic E-state index is 0.451. The fourth-order valence-corrected chi connectivity index (χ4v) is 2.88. The van der Waals surface area contributed by atoms with Crippen LogP contribution in [0.15, 0.2) is 0 Å². The molecule has 2 fully saturated rings. The molecule has 1 aliphatic carbocycles. The number of nitrogens with one attached hydrogen (secondary N) is 1. The highest BCUT2D eigenvalue weighted by molar-refractivity contribution is 4.85. The van der Waals surface area contributed by atoms with Crippen LogP contribution in [0.5, 0.6) is 0 Å². The van der Waals surface area contributed by atoms with E-state index >= 15 is 0 Å². The highest BCUT2D eigenvalue weighted by Crippen LogP contribution is 2.23. The van der Waals surface area contributed by atoms with Gasteiger partial charge in [-0.05, 0) is 45.4 Å². The van der Waals surface area contributed by atoms with Crippen molar-refractivity contribution < 1.29 is 4.74 Å². The summed E-state index contributed by atoms with van der Waals surface area (Å²) >= 11 is 0. The molecular formula is C16H32N2O. The molecule has 1 saturated heterocycles. The number of nitrogens with zero attached hydrogens (tertiary/aromatic N) is 1. The highest BCUT2D eigenvalue weighted by atomic mass is 16.5. The summed E-state index contributed by atoms with van der Waals surface area (Å²) in [5.74, 6) is 0.733. The second-order valence-electron chi connectivity index (χ2n) is 7.08. The molecule has 0 spiro atoms. The van der Waals surface area contributed by atoms with E-state index in [-0.39, 0.29) is 0 Å². The highest BCUT2D eigenvalue weighted by Gasteiger charge is 2.29. The van der Waals surface area contributed by atoms with Gasteiger partial charge < -0.3 is 10.1 Å². The summed E-state index contributed by atoms with van der Waals surface area (Å²) in [4.78, 5) is 2.58. The van der Waals surface area contributed by atoms with Gasteiger partial charge in [-0.25, -0.2) is 0 Å². The van der Waals surface area contributed by atoms with Gasteiger partial charge in [-0.15, -0.1) is 0 Å². The average molecular weight is 268 g/mol. The van der Waals surface area contributed by atoms with Crippen molar-refractivity contribution in [3.63, 3.8) is 0 Å². The maximum absolute atomic E-state index is 6.20. The SMILES string of the molecule is CC(C)CN(CC1CCC(CNC2CC2)O1)C(C)C. The normalized spacial score (nSPS) is 27.9. The predicted octanol–water partition coefficient (Wildman–Crippen LogP) is 2.65. The van der Waals surface area contributed by atoms with Crippen LogP contribution in [0.1, 0.15) is 53.4 Å². The first-order valence-corrected chi connectivity index (χ1v) is 8.17. The second kappa shape index (κ2) is 7.05. The number of rotatable bonds is 8. The summed E-state index contributed by atoms with van der Waals surface area (Å²) in [6.45, 7) is 12.5. The van der Waals surface area contributed by atoms with E-state index in [1.165, 1.54) is 32.2 Å². The average Bonchev–Trinajstić information content (AvgIpc) is 3.05. The third-order valence-corrected chi connectivity index (χ3v) is 4.18. The molecule has 0 aromatic carbocycles. The minimum Gasteiger partial charge on any atom is -0.372 e. The van der Waals surface area contributed by atoms with Crippen LogP contribution in [0.25, 0.3) is 0 Å². The molecule has 1 heterocycles. The van der Waals surface area contributed by atoms with Crippen LogP contribution in [0.4, 0.5) is 0 Å². The lowest BCUT2D eigenvalue weighted by atomic mass is 10.1. The van der Waals surface area contributed by atoms with Gasteiger partial charge in [0.2, 0.25) is 0 Å². The Kier molecular flexibility index (Phi) is 5.67. The van der Waals surface area contributed by atoms with Gasteiger partial charge >= 0.3 is 0 Å². The van der Waals surface area contributed by atoms with E-state index in [1.54, 1.807) is 0 Å². The molecule has 3 heteroatoms. The quantitative estimate of drug-likeness (QED) is 0.732. The van der Waals surface area contributed by atoms with Crippen LogP contribution in [0, 0.1) is 5.92 Å². The molecule has 0 aromatic rings. The minimum absolute atomic E-state index is 0.451. The molecule has 0 amide bonds. The Bertz CT molecular complexity index is 263. The van der Waals surface area contributed by atoms with E-state index in [1.807, 2.05) is 0 Å². The molecule has 2 unspecified atom stereocenters. The van der Waals surface area contributed by atoms with Crippen molar-refractivity contribution in [2.24, 2.45) is 5.92 Å². The van der Waals surface area contributed by atoms with Crippen molar-refractivity contribution in [3.8, 4) is 0 Å². The maximum Gasteiger partial charge on any atom is 0.0707 e. The zero-order chi connectivity index (χ0) is 13.8. The second-order valence-corrected chi connectivity index (χ2v) is 7.08. The molecule has 2 atom stereocenters. The van der Waals surface area contributed by atoms with Crippen molar-refractivity contribution in [2.45, 2.75) is 77.7 Å². The monoisotopic (exact) mass is 268 g/mol. The smallest absolute Gasteiger partial charge is 0.0707 e. The third-order valence-electron chi connectivity index (χ3n) is 4.18. The van der Waals surface area contributed by atoms with Gasteiger partial charge in [0.15, 0.2) is 0 Å². The summed E-state index contributed by atoms with van der Waals surface area (Å²) < 4.78 is 6.20. The summed E-state index contributed by atoms with van der Waals surface area (Å²) in [7, 11) is 0. The van der Waals surface area contributed by atoms with Gasteiger partial charge in [0.25, 0.3) is 0 Å². The van der Waals surface area contributed by atoms with E-state index in [0.717, 1.165) is 25.0 Å². The zero-order valence-corrected chi connectivity index (χ0v) is 13.2. The van der Waals surface area contributed by atoms with Gasteiger partial charge in [-0.1, -0.05) is 13.8 Å². The fraction of sp³-hybridized carbons (Fsp3) is 1.00. The lowest BCUT2D eigenvalue weighted by Gasteiger charge is -2.30. The van der Waals surface area contributed by atoms with E-state index < -0.39 is 0 Å². The molecular weight excluding hydrogens is 236 g/mol. The Balaban J connectivity index is 1.69. The molecule has 1 aliphatic heterocycles. The molecule has 2 rings (SSSR count). The Labute approximate surface area is 119 Å². The van der Waals surface area contributed by atoms with E-state index in [4.69, 9.17) is 4.74 Å². The first kappa shape index (κ1) is 15.3. The standard InChI is InChI=1S/C16H32N2O/c1-12(2)10-18(13(3)4)11-16-8-7-15(19-16)9-17-14-5-6-14/h12-17H,5-11H2,1-4H3. The Morgan fingerprint density at radius 3 is 2.32 bits per heavy atom. The molecule has 2 aliphatic rings. The van der Waals surface area contributed by atoms with Crippen molar-refractivity contribution in [2.75, 3.05) is 19.6 Å². The molecule has 1 saturated carbocycles. The summed E-state index contributed by atoms with van der Waals surface area (Å²) in [5, 5.41) is 3.59. The predicted molar refractivity (Wildman–Crippen MR) is 80.5 cm³/mol. The molecule has 0 bridgehead atoms. The molecule has 0 aromatic heterocycles. The molecule has 19 heavy (non-hydrogen) atoms. The summed E-state index contributed by atoms with van der Waals surface area (Å²) in [6, 6.07) is 1.42. The van der Waals surface area contributed by atoms with Crippen molar-refractivity contribution >= 4 is 0 Å². The Morgan fingerprint density at radius 2 is 1.74 bits per heavy atom. The third kappa shape index (κ3) is 5.41. The molecule has 3 nitrogen and oxygen atoms in total. The lowest BCUT2D eigenvalue weighted by molar-refractivity contribution is 0.0146. The van der Waals surface area contributed by atoms with Gasteiger partial charge in [0, 0.05) is 31.7 Å². The first-order chi connectivity index (χ1) is 9.04. The van der Waals surface area contributed by atoms with Crippen LogP contribution in [0.3, 0.4) is 0 Å². The van der Waals surface area contributed by atoms with Gasteiger partial charge in [-0.3, -0.25) is 4.90 Å². The van der Waals surface area contributed by atoms with Crippen molar-refractivity contribution in [3.05, 3.63) is 0 Å². The zero-order valence-electron chi connectivity index (χ0n) is 13.2. The topological polar surface area (TPSA) is 24.5 Å². The number of ether oxygens (including phenoxy) is 1. The van der Waals surface area contributed by atoms with Crippen LogP contribution >= 0.6 is 0 Å². The first-order valence-electron chi connectivity index (χ1n) is 8.17.